The number of benzene rings is 1. The quantitative estimate of drug-likeness (QED) is 0.603. The van der Waals surface area contributed by atoms with Gasteiger partial charge in [-0.15, -0.1) is 0 Å². The van der Waals surface area contributed by atoms with Crippen molar-refractivity contribution in [3.63, 3.8) is 0 Å². The molecule has 1 aromatic carbocycles. The third kappa shape index (κ3) is 3.90. The van der Waals surface area contributed by atoms with E-state index in [-0.39, 0.29) is 29.2 Å². The SMILES string of the molecule is CCNc1cc([N+](=O)[O-])ccc1S(=O)(=O)N(C)CCC#N. The van der Waals surface area contributed by atoms with Gasteiger partial charge >= 0.3 is 0 Å². The Hall–Kier alpha value is -2.18. The van der Waals surface area contributed by atoms with Crippen LogP contribution in [-0.2, 0) is 10.0 Å². The Bertz CT molecular complexity index is 666. The summed E-state index contributed by atoms with van der Waals surface area (Å²) in [7, 11) is -2.44. The summed E-state index contributed by atoms with van der Waals surface area (Å²) in [5.74, 6) is 0. The van der Waals surface area contributed by atoms with Crippen molar-refractivity contribution in [2.24, 2.45) is 0 Å². The van der Waals surface area contributed by atoms with Gasteiger partial charge in [0.25, 0.3) is 5.69 Å². The highest BCUT2D eigenvalue weighted by molar-refractivity contribution is 7.89. The number of anilines is 1. The zero-order chi connectivity index (χ0) is 16.0. The molecule has 0 bridgehead atoms. The fourth-order valence-electron chi connectivity index (χ4n) is 1.68. The smallest absolute Gasteiger partial charge is 0.271 e. The van der Waals surface area contributed by atoms with E-state index in [1.54, 1.807) is 6.92 Å². The van der Waals surface area contributed by atoms with Crippen molar-refractivity contribution < 1.29 is 13.3 Å². The molecule has 0 aromatic heterocycles. The van der Waals surface area contributed by atoms with Crippen LogP contribution in [0.15, 0.2) is 23.1 Å². The van der Waals surface area contributed by atoms with Crippen molar-refractivity contribution in [2.75, 3.05) is 25.5 Å². The molecule has 1 N–H and O–H groups in total. The number of rotatable bonds is 7. The maximum atomic E-state index is 12.4. The highest BCUT2D eigenvalue weighted by atomic mass is 32.2. The van der Waals surface area contributed by atoms with E-state index in [2.05, 4.69) is 5.32 Å². The maximum Gasteiger partial charge on any atom is 0.271 e. The highest BCUT2D eigenvalue weighted by Crippen LogP contribution is 2.28. The molecule has 0 amide bonds. The first-order valence-electron chi connectivity index (χ1n) is 6.20. The summed E-state index contributed by atoms with van der Waals surface area (Å²) < 4.78 is 25.9. The molecule has 8 nitrogen and oxygen atoms in total. The van der Waals surface area contributed by atoms with Gasteiger partial charge in [0, 0.05) is 38.7 Å². The van der Waals surface area contributed by atoms with Gasteiger partial charge in [0.05, 0.1) is 16.7 Å². The number of nitro groups is 1. The molecule has 114 valence electrons. The third-order valence-corrected chi connectivity index (χ3v) is 4.68. The van der Waals surface area contributed by atoms with Crippen LogP contribution in [0.3, 0.4) is 0 Å². The van der Waals surface area contributed by atoms with Crippen molar-refractivity contribution in [2.45, 2.75) is 18.2 Å². The summed E-state index contributed by atoms with van der Waals surface area (Å²) in [6, 6.07) is 5.41. The number of non-ortho nitro benzene ring substituents is 1. The Morgan fingerprint density at radius 2 is 2.14 bits per heavy atom. The zero-order valence-electron chi connectivity index (χ0n) is 11.7. The van der Waals surface area contributed by atoms with Gasteiger partial charge in [0.15, 0.2) is 0 Å². The van der Waals surface area contributed by atoms with E-state index in [4.69, 9.17) is 5.26 Å². The van der Waals surface area contributed by atoms with Gasteiger partial charge in [0.2, 0.25) is 10.0 Å². The lowest BCUT2D eigenvalue weighted by Gasteiger charge is -2.18. The maximum absolute atomic E-state index is 12.4. The Balaban J connectivity index is 3.28. The second-order valence-electron chi connectivity index (χ2n) is 4.20. The average molecular weight is 312 g/mol. The molecule has 0 heterocycles. The van der Waals surface area contributed by atoms with Gasteiger partial charge < -0.3 is 5.32 Å². The lowest BCUT2D eigenvalue weighted by molar-refractivity contribution is -0.384. The molecule has 9 heteroatoms. The molecule has 0 aliphatic carbocycles. The average Bonchev–Trinajstić information content (AvgIpc) is 2.44. The first-order chi connectivity index (χ1) is 9.84. The lowest BCUT2D eigenvalue weighted by Crippen LogP contribution is -2.28. The van der Waals surface area contributed by atoms with Crippen LogP contribution in [0.2, 0.25) is 0 Å². The molecule has 0 radical (unpaired) electrons. The van der Waals surface area contributed by atoms with Crippen molar-refractivity contribution in [3.05, 3.63) is 28.3 Å². The molecule has 0 fully saturated rings. The molecule has 0 spiro atoms. The van der Waals surface area contributed by atoms with Crippen LogP contribution in [0.1, 0.15) is 13.3 Å². The fourth-order valence-corrected chi connectivity index (χ4v) is 3.00. The van der Waals surface area contributed by atoms with Crippen molar-refractivity contribution in [1.82, 2.24) is 4.31 Å². The third-order valence-electron chi connectivity index (χ3n) is 2.77. The molecule has 0 saturated heterocycles. The summed E-state index contributed by atoms with van der Waals surface area (Å²) in [4.78, 5) is 10.1. The first kappa shape index (κ1) is 16.9. The Labute approximate surface area is 123 Å². The number of nitrogens with zero attached hydrogens (tertiary/aromatic N) is 3. The van der Waals surface area contributed by atoms with Gasteiger partial charge in [-0.1, -0.05) is 0 Å². The van der Waals surface area contributed by atoms with Gasteiger partial charge in [-0.3, -0.25) is 10.1 Å². The van der Waals surface area contributed by atoms with Crippen LogP contribution >= 0.6 is 0 Å². The van der Waals surface area contributed by atoms with Crippen molar-refractivity contribution in [3.8, 4) is 6.07 Å². The van der Waals surface area contributed by atoms with E-state index in [1.807, 2.05) is 6.07 Å². The van der Waals surface area contributed by atoms with E-state index < -0.39 is 14.9 Å². The summed E-state index contributed by atoms with van der Waals surface area (Å²) >= 11 is 0. The fraction of sp³-hybridized carbons (Fsp3) is 0.417. The summed E-state index contributed by atoms with van der Waals surface area (Å²) in [6.07, 6.45) is 0.0687. The van der Waals surface area contributed by atoms with Crippen molar-refractivity contribution >= 4 is 21.4 Å². The number of nitriles is 1. The Morgan fingerprint density at radius 3 is 2.67 bits per heavy atom. The minimum atomic E-state index is -3.81. The van der Waals surface area contributed by atoms with Crippen LogP contribution in [0.4, 0.5) is 11.4 Å². The Morgan fingerprint density at radius 1 is 1.48 bits per heavy atom. The molecular weight excluding hydrogens is 296 g/mol. The number of hydrogen-bond donors (Lipinski definition) is 1. The van der Waals surface area contributed by atoms with Crippen molar-refractivity contribution in [1.29, 1.82) is 5.26 Å². The van der Waals surface area contributed by atoms with Gasteiger partial charge in [0.1, 0.15) is 4.90 Å². The topological polar surface area (TPSA) is 116 Å². The van der Waals surface area contributed by atoms with E-state index in [0.29, 0.717) is 6.54 Å². The molecule has 0 aliphatic heterocycles. The highest BCUT2D eigenvalue weighted by Gasteiger charge is 2.25. The first-order valence-corrected chi connectivity index (χ1v) is 7.64. The van der Waals surface area contributed by atoms with Crippen LogP contribution in [0.25, 0.3) is 0 Å². The standard InChI is InChI=1S/C12H16N4O4S/c1-3-14-11-9-10(16(17)18)5-6-12(11)21(19,20)15(2)8-4-7-13/h5-6,9,14H,3-4,8H2,1-2H3. The summed E-state index contributed by atoms with van der Waals surface area (Å²) in [5.41, 5.74) is -0.0138. The number of nitrogens with one attached hydrogen (secondary N) is 1. The van der Waals surface area contributed by atoms with E-state index >= 15 is 0 Å². The van der Waals surface area contributed by atoms with E-state index in [0.717, 1.165) is 10.4 Å². The summed E-state index contributed by atoms with van der Waals surface area (Å²) in [5, 5.41) is 22.1. The molecule has 0 aliphatic rings. The minimum absolute atomic E-state index is 0.0459. The predicted molar refractivity (Wildman–Crippen MR) is 77.3 cm³/mol. The second kappa shape index (κ2) is 7.01. The molecular formula is C12H16N4O4S. The predicted octanol–water partition coefficient (Wildman–Crippen LogP) is 1.56. The van der Waals surface area contributed by atoms with E-state index in [9.17, 15) is 18.5 Å². The molecule has 0 atom stereocenters. The van der Waals surface area contributed by atoms with Crippen LogP contribution < -0.4 is 5.32 Å². The molecule has 21 heavy (non-hydrogen) atoms. The van der Waals surface area contributed by atoms with Crippen LogP contribution in [0, 0.1) is 21.4 Å². The van der Waals surface area contributed by atoms with Crippen LogP contribution in [0.5, 0.6) is 0 Å². The lowest BCUT2D eigenvalue weighted by atomic mass is 10.3. The van der Waals surface area contributed by atoms with Gasteiger partial charge in [-0.2, -0.15) is 9.57 Å². The van der Waals surface area contributed by atoms with Crippen LogP contribution in [-0.4, -0.2) is 37.8 Å². The normalized spacial score (nSPS) is 11.1. The van der Waals surface area contributed by atoms with Gasteiger partial charge in [-0.05, 0) is 13.0 Å². The van der Waals surface area contributed by atoms with Gasteiger partial charge in [-0.25, -0.2) is 8.42 Å². The zero-order valence-corrected chi connectivity index (χ0v) is 12.6. The minimum Gasteiger partial charge on any atom is -0.384 e. The molecule has 1 rings (SSSR count). The van der Waals surface area contributed by atoms with E-state index in [1.165, 1.54) is 19.2 Å². The second-order valence-corrected chi connectivity index (χ2v) is 6.22. The summed E-state index contributed by atoms with van der Waals surface area (Å²) in [6.45, 7) is 2.24. The number of sulfonamides is 1. The number of hydrogen-bond acceptors (Lipinski definition) is 6. The largest absolute Gasteiger partial charge is 0.384 e. The Kier molecular flexibility index (Phi) is 5.63. The molecule has 1 aromatic rings. The monoisotopic (exact) mass is 312 g/mol. The molecule has 0 saturated carbocycles. The molecule has 0 unspecified atom stereocenters. The number of nitro benzene ring substituents is 1.